The number of nitrogens with zero attached hydrogens (tertiary/aromatic N) is 2. The van der Waals surface area contributed by atoms with E-state index >= 15 is 0 Å². The van der Waals surface area contributed by atoms with E-state index < -0.39 is 0 Å². The van der Waals surface area contributed by atoms with Crippen LogP contribution < -0.4 is 10.6 Å². The van der Waals surface area contributed by atoms with Gasteiger partial charge in [-0.3, -0.25) is 4.79 Å². The predicted molar refractivity (Wildman–Crippen MR) is 83.6 cm³/mol. The molecule has 2 aromatic rings. The van der Waals surface area contributed by atoms with E-state index in [9.17, 15) is 4.79 Å². The van der Waals surface area contributed by atoms with E-state index in [-0.39, 0.29) is 5.91 Å². The number of likely N-dealkylation sites (N-methyl/N-ethyl adjacent to an activating group) is 1. The summed E-state index contributed by atoms with van der Waals surface area (Å²) >= 11 is 1.42. The third-order valence-electron chi connectivity index (χ3n) is 2.63. The second-order valence-corrected chi connectivity index (χ2v) is 5.54. The number of pyridine rings is 1. The van der Waals surface area contributed by atoms with E-state index in [0.717, 1.165) is 18.9 Å². The van der Waals surface area contributed by atoms with Gasteiger partial charge in [0.05, 0.1) is 16.8 Å². The van der Waals surface area contributed by atoms with Crippen molar-refractivity contribution in [3.8, 4) is 0 Å². The highest BCUT2D eigenvalue weighted by molar-refractivity contribution is 7.12. The molecule has 0 atom stereocenters. The SMILES string of the molecule is CN(C)CCNc1ccc(NC(=O)c2cccs2)cn1. The second-order valence-electron chi connectivity index (χ2n) is 4.59. The maximum Gasteiger partial charge on any atom is 0.265 e. The third kappa shape index (κ3) is 4.32. The van der Waals surface area contributed by atoms with Gasteiger partial charge in [0.2, 0.25) is 0 Å². The molecule has 20 heavy (non-hydrogen) atoms. The normalized spacial score (nSPS) is 10.6. The number of rotatable bonds is 6. The number of thiophene rings is 1. The molecule has 0 aromatic carbocycles. The molecule has 0 spiro atoms. The van der Waals surface area contributed by atoms with Crippen LogP contribution in [0.1, 0.15) is 9.67 Å². The summed E-state index contributed by atoms with van der Waals surface area (Å²) in [4.78, 5) is 18.9. The first kappa shape index (κ1) is 14.5. The van der Waals surface area contributed by atoms with E-state index in [4.69, 9.17) is 0 Å². The van der Waals surface area contributed by atoms with Crippen LogP contribution in [0.5, 0.6) is 0 Å². The summed E-state index contributed by atoms with van der Waals surface area (Å²) in [5.74, 6) is 0.705. The Hall–Kier alpha value is -1.92. The minimum absolute atomic E-state index is 0.102. The van der Waals surface area contributed by atoms with E-state index in [1.807, 2.05) is 37.7 Å². The summed E-state index contributed by atoms with van der Waals surface area (Å²) in [5.41, 5.74) is 0.696. The van der Waals surface area contributed by atoms with Gasteiger partial charge in [-0.1, -0.05) is 6.07 Å². The van der Waals surface area contributed by atoms with Gasteiger partial charge < -0.3 is 15.5 Å². The Kier molecular flexibility index (Phi) is 5.09. The molecule has 2 N–H and O–H groups in total. The van der Waals surface area contributed by atoms with Crippen molar-refractivity contribution < 1.29 is 4.79 Å². The molecule has 0 unspecified atom stereocenters. The van der Waals surface area contributed by atoms with Crippen LogP contribution in [-0.4, -0.2) is 43.0 Å². The average Bonchev–Trinajstić information content (AvgIpc) is 2.94. The predicted octanol–water partition coefficient (Wildman–Crippen LogP) is 2.37. The summed E-state index contributed by atoms with van der Waals surface area (Å²) in [5, 5.41) is 7.92. The summed E-state index contributed by atoms with van der Waals surface area (Å²) in [6.45, 7) is 1.78. The fourth-order valence-electron chi connectivity index (χ4n) is 1.58. The Morgan fingerprint density at radius 3 is 2.80 bits per heavy atom. The Morgan fingerprint density at radius 1 is 1.35 bits per heavy atom. The van der Waals surface area contributed by atoms with Crippen molar-refractivity contribution in [1.82, 2.24) is 9.88 Å². The van der Waals surface area contributed by atoms with Crippen molar-refractivity contribution in [2.24, 2.45) is 0 Å². The smallest absolute Gasteiger partial charge is 0.265 e. The number of anilines is 2. The molecule has 1 amide bonds. The highest BCUT2D eigenvalue weighted by Gasteiger charge is 2.06. The Bertz CT molecular complexity index is 537. The first-order chi connectivity index (χ1) is 9.65. The van der Waals surface area contributed by atoms with Gasteiger partial charge in [-0.2, -0.15) is 0 Å². The second kappa shape index (κ2) is 7.02. The van der Waals surface area contributed by atoms with Gasteiger partial charge >= 0.3 is 0 Å². The zero-order chi connectivity index (χ0) is 14.4. The minimum atomic E-state index is -0.102. The van der Waals surface area contributed by atoms with Crippen LogP contribution in [0.3, 0.4) is 0 Å². The van der Waals surface area contributed by atoms with Crippen LogP contribution >= 0.6 is 11.3 Å². The molecule has 0 saturated heterocycles. The average molecular weight is 290 g/mol. The van der Waals surface area contributed by atoms with Crippen LogP contribution in [0.25, 0.3) is 0 Å². The lowest BCUT2D eigenvalue weighted by atomic mass is 10.3. The summed E-state index contributed by atoms with van der Waals surface area (Å²) in [6, 6.07) is 7.36. The van der Waals surface area contributed by atoms with Crippen molar-refractivity contribution in [1.29, 1.82) is 0 Å². The Morgan fingerprint density at radius 2 is 2.20 bits per heavy atom. The Labute approximate surface area is 122 Å². The number of hydrogen-bond acceptors (Lipinski definition) is 5. The van der Waals surface area contributed by atoms with Crippen LogP contribution in [0.15, 0.2) is 35.8 Å². The van der Waals surface area contributed by atoms with Gasteiger partial charge in [-0.05, 0) is 37.7 Å². The van der Waals surface area contributed by atoms with E-state index in [2.05, 4.69) is 20.5 Å². The lowest BCUT2D eigenvalue weighted by molar-refractivity contribution is 0.103. The van der Waals surface area contributed by atoms with Gasteiger partial charge in [0, 0.05) is 13.1 Å². The summed E-state index contributed by atoms with van der Waals surface area (Å²) in [7, 11) is 4.05. The first-order valence-corrected chi connectivity index (χ1v) is 7.22. The fourth-order valence-corrected chi connectivity index (χ4v) is 2.20. The zero-order valence-corrected chi connectivity index (χ0v) is 12.4. The van der Waals surface area contributed by atoms with Crippen molar-refractivity contribution in [2.45, 2.75) is 0 Å². The molecule has 6 heteroatoms. The molecule has 0 aliphatic carbocycles. The molecule has 0 fully saturated rings. The molecule has 5 nitrogen and oxygen atoms in total. The van der Waals surface area contributed by atoms with Crippen LogP contribution in [0.4, 0.5) is 11.5 Å². The van der Waals surface area contributed by atoms with Gasteiger partial charge in [-0.25, -0.2) is 4.98 Å². The summed E-state index contributed by atoms with van der Waals surface area (Å²) < 4.78 is 0. The molecular weight excluding hydrogens is 272 g/mol. The molecule has 0 radical (unpaired) electrons. The Balaban J connectivity index is 1.87. The van der Waals surface area contributed by atoms with Crippen molar-refractivity contribution in [3.63, 3.8) is 0 Å². The number of carbonyl (C=O) groups excluding carboxylic acids is 1. The van der Waals surface area contributed by atoms with Gasteiger partial charge in [0.1, 0.15) is 5.82 Å². The quantitative estimate of drug-likeness (QED) is 0.857. The molecular formula is C14H18N4OS. The lowest BCUT2D eigenvalue weighted by Gasteiger charge is -2.11. The monoisotopic (exact) mass is 290 g/mol. The fraction of sp³-hybridized carbons (Fsp3) is 0.286. The van der Waals surface area contributed by atoms with Crippen molar-refractivity contribution in [3.05, 3.63) is 40.7 Å². The maximum atomic E-state index is 11.9. The van der Waals surface area contributed by atoms with Gasteiger partial charge in [0.15, 0.2) is 0 Å². The van der Waals surface area contributed by atoms with E-state index in [0.29, 0.717) is 10.6 Å². The largest absolute Gasteiger partial charge is 0.369 e. The summed E-state index contributed by atoms with van der Waals surface area (Å²) in [6.07, 6.45) is 1.66. The molecule has 0 aliphatic heterocycles. The number of carbonyl (C=O) groups is 1. The van der Waals surface area contributed by atoms with Gasteiger partial charge in [0.25, 0.3) is 5.91 Å². The number of hydrogen-bond donors (Lipinski definition) is 2. The van der Waals surface area contributed by atoms with Crippen molar-refractivity contribution >= 4 is 28.7 Å². The highest BCUT2D eigenvalue weighted by Crippen LogP contribution is 2.14. The topological polar surface area (TPSA) is 57.3 Å². The molecule has 106 valence electrons. The zero-order valence-electron chi connectivity index (χ0n) is 11.6. The van der Waals surface area contributed by atoms with Crippen LogP contribution in [-0.2, 0) is 0 Å². The lowest BCUT2D eigenvalue weighted by Crippen LogP contribution is -2.21. The number of aromatic nitrogens is 1. The molecule has 0 aliphatic rings. The number of nitrogens with one attached hydrogen (secondary N) is 2. The van der Waals surface area contributed by atoms with E-state index in [1.54, 1.807) is 12.3 Å². The molecule has 2 rings (SSSR count). The molecule has 2 aromatic heterocycles. The first-order valence-electron chi connectivity index (χ1n) is 6.34. The molecule has 2 heterocycles. The van der Waals surface area contributed by atoms with Gasteiger partial charge in [-0.15, -0.1) is 11.3 Å². The van der Waals surface area contributed by atoms with E-state index in [1.165, 1.54) is 11.3 Å². The third-order valence-corrected chi connectivity index (χ3v) is 3.50. The van der Waals surface area contributed by atoms with Crippen LogP contribution in [0.2, 0.25) is 0 Å². The molecule has 0 saturated carbocycles. The number of amides is 1. The highest BCUT2D eigenvalue weighted by atomic mass is 32.1. The molecule has 0 bridgehead atoms. The maximum absolute atomic E-state index is 11.9. The van der Waals surface area contributed by atoms with Crippen LogP contribution in [0, 0.1) is 0 Å². The minimum Gasteiger partial charge on any atom is -0.369 e. The van der Waals surface area contributed by atoms with Crippen molar-refractivity contribution in [2.75, 3.05) is 37.8 Å². The standard InChI is InChI=1S/C14H18N4OS/c1-18(2)8-7-15-13-6-5-11(10-16-13)17-14(19)12-4-3-9-20-12/h3-6,9-10H,7-8H2,1-2H3,(H,15,16)(H,17,19).